The molecule has 1 heterocycles. The first-order valence-corrected chi connectivity index (χ1v) is 19.2. The van der Waals surface area contributed by atoms with E-state index in [2.05, 4.69) is 240 Å². The Morgan fingerprint density at radius 1 is 0.286 bits per heavy atom. The lowest BCUT2D eigenvalue weighted by molar-refractivity contribution is 1.18. The topological polar surface area (TPSA) is 8.17 Å². The first kappa shape index (κ1) is 33.2. The van der Waals surface area contributed by atoms with Crippen LogP contribution in [-0.2, 0) is 0 Å². The summed E-state index contributed by atoms with van der Waals surface area (Å²) in [6, 6.07) is 83.0. The molecule has 0 atom stereocenters. The van der Waals surface area contributed by atoms with Gasteiger partial charge in [0.05, 0.1) is 16.7 Å². The third-order valence-corrected chi connectivity index (χ3v) is 10.8. The van der Waals surface area contributed by atoms with E-state index in [1.54, 1.807) is 0 Å². The molecule has 56 heavy (non-hydrogen) atoms. The summed E-state index contributed by atoms with van der Waals surface area (Å²) in [4.78, 5) is 2.40. The molecule has 0 aliphatic heterocycles. The molecule has 10 aromatic rings. The first-order valence-electron chi connectivity index (χ1n) is 19.2. The maximum Gasteiger partial charge on any atom is 0.0547 e. The molecule has 1 aromatic heterocycles. The second-order valence-corrected chi connectivity index (χ2v) is 14.1. The van der Waals surface area contributed by atoms with Crippen molar-refractivity contribution in [2.75, 3.05) is 4.90 Å². The Bertz CT molecular complexity index is 2960. The maximum absolute atomic E-state index is 2.40. The van der Waals surface area contributed by atoms with Gasteiger partial charge < -0.3 is 9.47 Å². The Labute approximate surface area is 327 Å². The molecule has 0 saturated heterocycles. The van der Waals surface area contributed by atoms with Crippen LogP contribution in [0.1, 0.15) is 0 Å². The van der Waals surface area contributed by atoms with Gasteiger partial charge in [0.25, 0.3) is 0 Å². The predicted molar refractivity (Wildman–Crippen MR) is 237 cm³/mol. The largest absolute Gasteiger partial charge is 0.310 e. The fourth-order valence-corrected chi connectivity index (χ4v) is 8.27. The quantitative estimate of drug-likeness (QED) is 0.152. The monoisotopic (exact) mass is 714 g/mol. The van der Waals surface area contributed by atoms with E-state index in [9.17, 15) is 0 Å². The average Bonchev–Trinajstić information content (AvgIpc) is 3.61. The summed E-state index contributed by atoms with van der Waals surface area (Å²) in [5.74, 6) is 0. The van der Waals surface area contributed by atoms with Gasteiger partial charge in [-0.25, -0.2) is 0 Å². The Morgan fingerprint density at radius 3 is 1.54 bits per heavy atom. The predicted octanol–water partition coefficient (Wildman–Crippen LogP) is 14.9. The molecular formula is C54H38N2. The number of rotatable bonds is 8. The van der Waals surface area contributed by atoms with E-state index >= 15 is 0 Å². The smallest absolute Gasteiger partial charge is 0.0547 e. The molecule has 264 valence electrons. The van der Waals surface area contributed by atoms with Gasteiger partial charge in [0, 0.05) is 33.4 Å². The summed E-state index contributed by atoms with van der Waals surface area (Å²) in [5, 5.41) is 2.50. The van der Waals surface area contributed by atoms with Gasteiger partial charge >= 0.3 is 0 Å². The summed E-state index contributed by atoms with van der Waals surface area (Å²) in [7, 11) is 0. The summed E-state index contributed by atoms with van der Waals surface area (Å²) >= 11 is 0. The number of aromatic nitrogens is 1. The highest BCUT2D eigenvalue weighted by Gasteiger charge is 2.21. The minimum absolute atomic E-state index is 1.09. The summed E-state index contributed by atoms with van der Waals surface area (Å²) in [6.45, 7) is 0. The van der Waals surface area contributed by atoms with Gasteiger partial charge in [0.15, 0.2) is 0 Å². The molecule has 2 nitrogen and oxygen atoms in total. The second-order valence-electron chi connectivity index (χ2n) is 14.1. The van der Waals surface area contributed by atoms with E-state index in [-0.39, 0.29) is 0 Å². The number of nitrogens with zero attached hydrogens (tertiary/aromatic N) is 2. The zero-order chi connectivity index (χ0) is 37.3. The van der Waals surface area contributed by atoms with Crippen LogP contribution in [0.3, 0.4) is 0 Å². The Morgan fingerprint density at radius 2 is 0.786 bits per heavy atom. The molecule has 0 N–H and O–H groups in total. The van der Waals surface area contributed by atoms with E-state index in [1.807, 2.05) is 0 Å². The average molecular weight is 715 g/mol. The van der Waals surface area contributed by atoms with Gasteiger partial charge in [-0.05, 0) is 93.5 Å². The maximum atomic E-state index is 2.40. The van der Waals surface area contributed by atoms with Gasteiger partial charge in [0.1, 0.15) is 0 Å². The summed E-state index contributed by atoms with van der Waals surface area (Å²) < 4.78 is 2.39. The number of hydrogen-bond donors (Lipinski definition) is 0. The van der Waals surface area contributed by atoms with Crippen molar-refractivity contribution >= 4 is 38.9 Å². The highest BCUT2D eigenvalue weighted by atomic mass is 15.1. The minimum Gasteiger partial charge on any atom is -0.310 e. The van der Waals surface area contributed by atoms with Crippen molar-refractivity contribution in [3.8, 4) is 50.2 Å². The number of fused-ring (bicyclic) bond motifs is 3. The highest BCUT2D eigenvalue weighted by molar-refractivity contribution is 6.10. The first-order chi connectivity index (χ1) is 27.8. The summed E-state index contributed by atoms with van der Waals surface area (Å²) in [5.41, 5.74) is 16.4. The molecule has 0 unspecified atom stereocenters. The van der Waals surface area contributed by atoms with Crippen LogP contribution in [0.4, 0.5) is 17.1 Å². The van der Waals surface area contributed by atoms with Crippen LogP contribution >= 0.6 is 0 Å². The Kier molecular flexibility index (Phi) is 8.55. The number of para-hydroxylation sites is 4. The van der Waals surface area contributed by atoms with Gasteiger partial charge in [-0.15, -0.1) is 0 Å². The molecule has 0 fully saturated rings. The van der Waals surface area contributed by atoms with Crippen molar-refractivity contribution < 1.29 is 0 Å². The number of anilines is 3. The highest BCUT2D eigenvalue weighted by Crippen LogP contribution is 2.46. The van der Waals surface area contributed by atoms with E-state index in [0.29, 0.717) is 0 Å². The van der Waals surface area contributed by atoms with E-state index in [1.165, 1.54) is 55.2 Å². The third kappa shape index (κ3) is 5.95. The minimum atomic E-state index is 1.09. The van der Waals surface area contributed by atoms with Crippen LogP contribution in [0.5, 0.6) is 0 Å². The van der Waals surface area contributed by atoms with E-state index < -0.39 is 0 Å². The van der Waals surface area contributed by atoms with E-state index in [4.69, 9.17) is 0 Å². The fraction of sp³-hybridized carbons (Fsp3) is 0. The van der Waals surface area contributed by atoms with Crippen molar-refractivity contribution in [2.45, 2.75) is 0 Å². The lowest BCUT2D eigenvalue weighted by Gasteiger charge is -2.29. The van der Waals surface area contributed by atoms with Crippen LogP contribution in [0.15, 0.2) is 231 Å². The van der Waals surface area contributed by atoms with Crippen LogP contribution in [-0.4, -0.2) is 4.57 Å². The van der Waals surface area contributed by atoms with Crippen LogP contribution in [0, 0.1) is 0 Å². The zero-order valence-corrected chi connectivity index (χ0v) is 30.8. The van der Waals surface area contributed by atoms with Gasteiger partial charge in [-0.1, -0.05) is 176 Å². The van der Waals surface area contributed by atoms with Gasteiger partial charge in [-0.2, -0.15) is 0 Å². The second kappa shape index (κ2) is 14.4. The fourth-order valence-electron chi connectivity index (χ4n) is 8.27. The Hall–Kier alpha value is -7.42. The van der Waals surface area contributed by atoms with Crippen LogP contribution in [0.25, 0.3) is 72.0 Å². The van der Waals surface area contributed by atoms with Crippen molar-refractivity contribution in [1.82, 2.24) is 4.57 Å². The SMILES string of the molecule is c1ccc(-c2ccccc2-c2ccccc2-c2ccccc2N(c2ccccc2)c2cccc(-c3ccc4c5ccccc5n(-c5ccccc5)c4c3)c2)cc1. The third-order valence-electron chi connectivity index (χ3n) is 10.8. The normalized spacial score (nSPS) is 11.2. The van der Waals surface area contributed by atoms with Crippen molar-refractivity contribution in [1.29, 1.82) is 0 Å². The molecule has 2 heteroatoms. The molecule has 0 aliphatic carbocycles. The molecule has 0 saturated carbocycles. The molecular weight excluding hydrogens is 677 g/mol. The lowest BCUT2D eigenvalue weighted by atomic mass is 9.88. The van der Waals surface area contributed by atoms with Crippen molar-refractivity contribution in [3.05, 3.63) is 231 Å². The zero-order valence-electron chi connectivity index (χ0n) is 30.8. The molecule has 10 rings (SSSR count). The number of hydrogen-bond acceptors (Lipinski definition) is 1. The molecule has 0 bridgehead atoms. The number of benzene rings is 9. The van der Waals surface area contributed by atoms with Crippen LogP contribution < -0.4 is 4.90 Å². The molecule has 0 radical (unpaired) electrons. The van der Waals surface area contributed by atoms with E-state index in [0.717, 1.165) is 33.9 Å². The van der Waals surface area contributed by atoms with Crippen LogP contribution in [0.2, 0.25) is 0 Å². The molecule has 0 spiro atoms. The molecule has 9 aromatic carbocycles. The van der Waals surface area contributed by atoms with Gasteiger partial charge in [-0.3, -0.25) is 0 Å². The standard InChI is InChI=1S/C54H38N2/c1-4-19-39(20-5-1)45-27-10-11-28-46(45)47-29-12-13-30-48(47)49-31-14-16-33-52(49)55(42-22-6-2-7-23-42)44-26-18-21-40(37-44)41-35-36-51-50-32-15-17-34-53(50)56(54(51)38-41)43-24-8-3-9-25-43/h1-38H. The molecule has 0 aliphatic rings. The Balaban J connectivity index is 1.13. The summed E-state index contributed by atoms with van der Waals surface area (Å²) in [6.07, 6.45) is 0. The van der Waals surface area contributed by atoms with Gasteiger partial charge in [0.2, 0.25) is 0 Å². The molecule has 0 amide bonds. The lowest BCUT2D eigenvalue weighted by Crippen LogP contribution is -2.11. The van der Waals surface area contributed by atoms with Crippen molar-refractivity contribution in [3.63, 3.8) is 0 Å². The van der Waals surface area contributed by atoms with Crippen molar-refractivity contribution in [2.24, 2.45) is 0 Å².